The Morgan fingerprint density at radius 2 is 1.67 bits per heavy atom. The van der Waals surface area contributed by atoms with Gasteiger partial charge in [0.1, 0.15) is 11.4 Å². The number of alkyl halides is 3. The van der Waals surface area contributed by atoms with E-state index >= 15 is 0 Å². The summed E-state index contributed by atoms with van der Waals surface area (Å²) in [5, 5.41) is 23.3. The molecule has 2 fully saturated rings. The van der Waals surface area contributed by atoms with Crippen LogP contribution >= 0.6 is 0 Å². The van der Waals surface area contributed by atoms with Crippen LogP contribution < -0.4 is 5.32 Å². The van der Waals surface area contributed by atoms with Gasteiger partial charge in [0.05, 0.1) is 17.8 Å². The number of sulfonamides is 1. The van der Waals surface area contributed by atoms with Crippen LogP contribution in [0.3, 0.4) is 0 Å². The van der Waals surface area contributed by atoms with Crippen LogP contribution in [0.25, 0.3) is 6.08 Å². The van der Waals surface area contributed by atoms with Gasteiger partial charge in [-0.25, -0.2) is 8.42 Å². The van der Waals surface area contributed by atoms with E-state index in [2.05, 4.69) is 10.3 Å². The topological polar surface area (TPSA) is 140 Å². The van der Waals surface area contributed by atoms with Crippen molar-refractivity contribution < 1.29 is 41.4 Å². The highest BCUT2D eigenvalue weighted by Crippen LogP contribution is 2.34. The summed E-state index contributed by atoms with van der Waals surface area (Å²) in [6.07, 6.45) is -2.39. The number of piperidine rings is 2. The van der Waals surface area contributed by atoms with Crippen molar-refractivity contribution in [3.05, 3.63) is 75.2 Å². The highest BCUT2D eigenvalue weighted by Gasteiger charge is 2.47. The second-order valence-electron chi connectivity index (χ2n) is 12.0. The number of carbonyl (C=O) groups excluding carboxylic acids is 2. The summed E-state index contributed by atoms with van der Waals surface area (Å²) in [7, 11) is -3.90. The van der Waals surface area contributed by atoms with Crippen molar-refractivity contribution in [2.24, 2.45) is 4.99 Å². The van der Waals surface area contributed by atoms with E-state index in [-0.39, 0.29) is 62.7 Å². The van der Waals surface area contributed by atoms with Crippen molar-refractivity contribution in [1.82, 2.24) is 14.5 Å². The van der Waals surface area contributed by atoms with Gasteiger partial charge in [-0.1, -0.05) is 12.1 Å². The van der Waals surface area contributed by atoms with E-state index in [4.69, 9.17) is 0 Å². The van der Waals surface area contributed by atoms with Crippen LogP contribution in [0.1, 0.15) is 63.9 Å². The summed E-state index contributed by atoms with van der Waals surface area (Å²) >= 11 is 0. The number of aliphatic imine (C=N–C) groups is 1. The summed E-state index contributed by atoms with van der Waals surface area (Å²) in [6, 6.07) is 7.90. The molecule has 2 aromatic carbocycles. The number of nitrogens with one attached hydrogen (secondary N) is 1. The van der Waals surface area contributed by atoms with Crippen molar-refractivity contribution in [1.29, 1.82) is 0 Å². The van der Waals surface area contributed by atoms with E-state index in [1.807, 2.05) is 0 Å². The number of aryl methyl sites for hydroxylation is 2. The van der Waals surface area contributed by atoms with Crippen LogP contribution in [0.4, 0.5) is 13.2 Å². The highest BCUT2D eigenvalue weighted by atomic mass is 32.2. The molecule has 242 valence electrons. The molecule has 2 aromatic rings. The predicted octanol–water partition coefficient (Wildman–Crippen LogP) is 2.99. The number of amides is 2. The molecule has 45 heavy (non-hydrogen) atoms. The van der Waals surface area contributed by atoms with Crippen LogP contribution in [0.5, 0.6) is 0 Å². The Bertz CT molecular complexity index is 1650. The SMILES string of the molecule is Cc1cc(C(=O)N2CCC(O)(CO)CC2)cc(C)c1/C=C/S(=O)(=O)N1CCC2(CC1)N=C(c1cccc(C(F)(F)F)c1)NC2=O. The molecule has 2 amide bonds. The number of aliphatic hydroxyl groups excluding tert-OH is 1. The van der Waals surface area contributed by atoms with Gasteiger partial charge >= 0.3 is 6.18 Å². The zero-order valence-corrected chi connectivity index (χ0v) is 25.7. The summed E-state index contributed by atoms with van der Waals surface area (Å²) in [5.74, 6) is -0.652. The molecule has 0 aliphatic carbocycles. The van der Waals surface area contributed by atoms with Crippen LogP contribution in [0.15, 0.2) is 46.8 Å². The first kappa shape index (κ1) is 32.8. The molecule has 14 heteroatoms. The first-order valence-electron chi connectivity index (χ1n) is 14.6. The van der Waals surface area contributed by atoms with Gasteiger partial charge in [-0.05, 0) is 86.6 Å². The van der Waals surface area contributed by atoms with E-state index < -0.39 is 38.8 Å². The zero-order chi connectivity index (χ0) is 32.8. The molecule has 0 atom stereocenters. The summed E-state index contributed by atoms with van der Waals surface area (Å²) < 4.78 is 67.3. The maximum Gasteiger partial charge on any atom is 0.416 e. The second kappa shape index (κ2) is 12.0. The third kappa shape index (κ3) is 6.69. The van der Waals surface area contributed by atoms with Crippen molar-refractivity contribution in [2.75, 3.05) is 32.8 Å². The lowest BCUT2D eigenvalue weighted by atomic mass is 9.89. The number of likely N-dealkylation sites (tertiary alicyclic amines) is 1. The molecule has 2 saturated heterocycles. The molecule has 3 N–H and O–H groups in total. The van der Waals surface area contributed by atoms with Gasteiger partial charge in [-0.2, -0.15) is 17.5 Å². The number of aliphatic hydroxyl groups is 2. The van der Waals surface area contributed by atoms with E-state index in [9.17, 15) is 41.4 Å². The van der Waals surface area contributed by atoms with Crippen LogP contribution in [-0.4, -0.2) is 89.4 Å². The minimum Gasteiger partial charge on any atom is -0.393 e. The Morgan fingerprint density at radius 1 is 1.04 bits per heavy atom. The number of carbonyl (C=O) groups is 2. The lowest BCUT2D eigenvalue weighted by Crippen LogP contribution is -2.50. The van der Waals surface area contributed by atoms with E-state index in [1.54, 1.807) is 30.9 Å². The molecule has 5 rings (SSSR count). The Balaban J connectivity index is 1.25. The fraction of sp³-hybridized carbons (Fsp3) is 0.452. The monoisotopic (exact) mass is 648 g/mol. The highest BCUT2D eigenvalue weighted by molar-refractivity contribution is 7.92. The fourth-order valence-corrected chi connectivity index (χ4v) is 7.19. The molecular formula is C31H35F3N4O6S. The van der Waals surface area contributed by atoms with Crippen LogP contribution in [0.2, 0.25) is 0 Å². The van der Waals surface area contributed by atoms with Gasteiger partial charge in [0.2, 0.25) is 10.0 Å². The molecule has 3 heterocycles. The van der Waals surface area contributed by atoms with Gasteiger partial charge in [-0.15, -0.1) is 0 Å². The summed E-state index contributed by atoms with van der Waals surface area (Å²) in [6.45, 7) is 3.80. The average molecular weight is 649 g/mol. The predicted molar refractivity (Wildman–Crippen MR) is 161 cm³/mol. The van der Waals surface area contributed by atoms with Crippen molar-refractivity contribution in [3.8, 4) is 0 Å². The zero-order valence-electron chi connectivity index (χ0n) is 24.9. The Kier molecular flexibility index (Phi) is 8.72. The van der Waals surface area contributed by atoms with Crippen molar-refractivity contribution in [3.63, 3.8) is 0 Å². The van der Waals surface area contributed by atoms with Crippen molar-refractivity contribution >= 4 is 33.7 Å². The molecule has 1 spiro atoms. The normalized spacial score (nSPS) is 20.5. The third-order valence-electron chi connectivity index (χ3n) is 8.88. The van der Waals surface area contributed by atoms with Crippen LogP contribution in [0, 0.1) is 13.8 Å². The molecule has 0 aromatic heterocycles. The van der Waals surface area contributed by atoms with Gasteiger partial charge in [0.15, 0.2) is 0 Å². The maximum atomic E-state index is 13.2. The number of amidine groups is 1. The quantitative estimate of drug-likeness (QED) is 0.440. The number of benzene rings is 2. The minimum atomic E-state index is -4.55. The fourth-order valence-electron chi connectivity index (χ4n) is 6.01. The number of halogens is 3. The van der Waals surface area contributed by atoms with Gasteiger partial charge in [-0.3, -0.25) is 14.6 Å². The molecular weight excluding hydrogens is 613 g/mol. The number of hydrogen-bond donors (Lipinski definition) is 3. The Labute approximate surface area is 259 Å². The first-order chi connectivity index (χ1) is 21.1. The second-order valence-corrected chi connectivity index (χ2v) is 13.8. The minimum absolute atomic E-state index is 0.00783. The molecule has 0 saturated carbocycles. The molecule has 3 aliphatic heterocycles. The van der Waals surface area contributed by atoms with E-state index in [1.165, 1.54) is 22.5 Å². The summed E-state index contributed by atoms with van der Waals surface area (Å²) in [4.78, 5) is 32.1. The molecule has 10 nitrogen and oxygen atoms in total. The van der Waals surface area contributed by atoms with Crippen molar-refractivity contribution in [2.45, 2.75) is 56.8 Å². The lowest BCUT2D eigenvalue weighted by Gasteiger charge is -2.37. The number of hydrogen-bond acceptors (Lipinski definition) is 7. The smallest absolute Gasteiger partial charge is 0.393 e. The number of nitrogens with zero attached hydrogens (tertiary/aromatic N) is 3. The van der Waals surface area contributed by atoms with E-state index in [0.717, 1.165) is 17.5 Å². The largest absolute Gasteiger partial charge is 0.416 e. The molecule has 3 aliphatic rings. The van der Waals surface area contributed by atoms with Gasteiger partial charge in [0.25, 0.3) is 11.8 Å². The molecule has 0 radical (unpaired) electrons. The lowest BCUT2D eigenvalue weighted by molar-refractivity contribution is -0.137. The average Bonchev–Trinajstić information content (AvgIpc) is 3.31. The molecule has 0 bridgehead atoms. The third-order valence-corrected chi connectivity index (χ3v) is 10.4. The standard InChI is InChI=1S/C31H35F3N4O6S/c1-20-16-23(27(40)37-11-7-29(42,19-39)8-12-37)17-21(2)25(20)6-15-45(43,44)38-13-9-30(10-14-38)28(41)35-26(36-30)22-4-3-5-24(18-22)31(32,33)34/h3-6,15-18,39,42H,7-14,19H2,1-2H3,(H,35,36,41)/b15-6+. The Morgan fingerprint density at radius 3 is 2.24 bits per heavy atom. The molecule has 0 unspecified atom stereocenters. The number of rotatable bonds is 6. The van der Waals surface area contributed by atoms with Gasteiger partial charge in [0, 0.05) is 42.7 Å². The maximum absolute atomic E-state index is 13.2. The van der Waals surface area contributed by atoms with E-state index in [0.29, 0.717) is 35.3 Å². The van der Waals surface area contributed by atoms with Gasteiger partial charge < -0.3 is 20.4 Å². The van der Waals surface area contributed by atoms with Crippen LogP contribution in [-0.2, 0) is 21.0 Å². The summed E-state index contributed by atoms with van der Waals surface area (Å²) in [5.41, 5.74) is -0.698. The first-order valence-corrected chi connectivity index (χ1v) is 16.1. The Hall–Kier alpha value is -3.59.